The number of para-hydroxylation sites is 3. The molecule has 4 aromatic rings. The Morgan fingerprint density at radius 2 is 1.63 bits per heavy atom. The van der Waals surface area contributed by atoms with Crippen LogP contribution in [0, 0.1) is 10.1 Å². The number of nitro groups is 1. The fourth-order valence-corrected chi connectivity index (χ4v) is 5.25. The van der Waals surface area contributed by atoms with E-state index < -0.39 is 14.9 Å². The van der Waals surface area contributed by atoms with Gasteiger partial charge in [0.25, 0.3) is 15.7 Å². The van der Waals surface area contributed by atoms with Gasteiger partial charge in [-0.3, -0.25) is 14.8 Å². The van der Waals surface area contributed by atoms with Crippen molar-refractivity contribution in [1.82, 2.24) is 4.98 Å². The summed E-state index contributed by atoms with van der Waals surface area (Å²) in [6.07, 6.45) is 0. The second kappa shape index (κ2) is 10.4. The molecule has 13 heteroatoms. The maximum absolute atomic E-state index is 12.8. The molecule has 0 saturated heterocycles. The first-order valence-corrected chi connectivity index (χ1v) is 13.0. The molecular weight excluding hydrogens is 530 g/mol. The van der Waals surface area contributed by atoms with E-state index in [9.17, 15) is 18.5 Å². The minimum absolute atomic E-state index is 0.0729. The molecule has 0 radical (unpaired) electrons. The number of halogens is 1. The molecule has 0 saturated carbocycles. The van der Waals surface area contributed by atoms with Crippen LogP contribution in [0.5, 0.6) is 0 Å². The van der Waals surface area contributed by atoms with Gasteiger partial charge in [0, 0.05) is 22.0 Å². The van der Waals surface area contributed by atoms with Crippen LogP contribution in [0.25, 0.3) is 11.3 Å². The summed E-state index contributed by atoms with van der Waals surface area (Å²) >= 11 is 12.4. The van der Waals surface area contributed by atoms with E-state index in [-0.39, 0.29) is 21.4 Å². The number of hydrogen-bond donors (Lipinski definition) is 3. The molecule has 1 heterocycles. The van der Waals surface area contributed by atoms with E-state index in [4.69, 9.17) is 23.8 Å². The van der Waals surface area contributed by atoms with Crippen LogP contribution in [0.3, 0.4) is 0 Å². The molecule has 0 aliphatic rings. The molecule has 0 amide bonds. The molecule has 0 unspecified atom stereocenters. The fourth-order valence-electron chi connectivity index (χ4n) is 3.06. The number of benzene rings is 3. The molecule has 3 aromatic carbocycles. The Balaban J connectivity index is 1.52. The highest BCUT2D eigenvalue weighted by molar-refractivity contribution is 7.92. The Bertz CT molecular complexity index is 1510. The number of thiazole rings is 1. The Morgan fingerprint density at radius 3 is 2.34 bits per heavy atom. The average Bonchev–Trinajstić information content (AvgIpc) is 3.27. The number of anilines is 3. The minimum atomic E-state index is -3.85. The third-order valence-electron chi connectivity index (χ3n) is 4.64. The van der Waals surface area contributed by atoms with Crippen molar-refractivity contribution in [2.24, 2.45) is 0 Å². The molecule has 178 valence electrons. The Morgan fingerprint density at radius 1 is 0.971 bits per heavy atom. The zero-order chi connectivity index (χ0) is 25.0. The topological polar surface area (TPSA) is 126 Å². The van der Waals surface area contributed by atoms with Crippen LogP contribution < -0.4 is 15.4 Å². The normalized spacial score (nSPS) is 11.0. The van der Waals surface area contributed by atoms with Crippen LogP contribution in [0.2, 0.25) is 5.02 Å². The molecule has 0 aliphatic carbocycles. The van der Waals surface area contributed by atoms with E-state index in [1.54, 1.807) is 47.8 Å². The highest BCUT2D eigenvalue weighted by atomic mass is 35.5. The van der Waals surface area contributed by atoms with Crippen molar-refractivity contribution >= 4 is 72.5 Å². The number of nitrogens with one attached hydrogen (secondary N) is 3. The van der Waals surface area contributed by atoms with E-state index in [0.29, 0.717) is 27.1 Å². The number of hydrogen-bond acceptors (Lipinski definition) is 7. The lowest BCUT2D eigenvalue weighted by Gasteiger charge is -2.12. The molecule has 9 nitrogen and oxygen atoms in total. The first-order valence-electron chi connectivity index (χ1n) is 9.88. The second-order valence-electron chi connectivity index (χ2n) is 7.00. The average molecular weight is 546 g/mol. The van der Waals surface area contributed by atoms with E-state index >= 15 is 0 Å². The predicted molar refractivity (Wildman–Crippen MR) is 143 cm³/mol. The van der Waals surface area contributed by atoms with Gasteiger partial charge in [-0.25, -0.2) is 13.4 Å². The van der Waals surface area contributed by atoms with Crippen LogP contribution in [-0.4, -0.2) is 23.4 Å². The van der Waals surface area contributed by atoms with Gasteiger partial charge in [-0.05, 0) is 48.6 Å². The zero-order valence-corrected chi connectivity index (χ0v) is 20.8. The summed E-state index contributed by atoms with van der Waals surface area (Å²) in [4.78, 5) is 15.3. The third-order valence-corrected chi connectivity index (χ3v) is 7.24. The predicted octanol–water partition coefficient (Wildman–Crippen LogP) is 5.98. The van der Waals surface area contributed by atoms with Gasteiger partial charge in [-0.15, -0.1) is 11.3 Å². The van der Waals surface area contributed by atoms with E-state index in [1.165, 1.54) is 41.7 Å². The van der Waals surface area contributed by atoms with E-state index in [2.05, 4.69) is 20.3 Å². The number of rotatable bonds is 7. The van der Waals surface area contributed by atoms with Gasteiger partial charge in [-0.2, -0.15) is 0 Å². The summed E-state index contributed by atoms with van der Waals surface area (Å²) in [6.45, 7) is 0. The molecule has 0 spiro atoms. The van der Waals surface area contributed by atoms with Gasteiger partial charge >= 0.3 is 0 Å². The smallest absolute Gasteiger partial charge is 0.292 e. The highest BCUT2D eigenvalue weighted by Crippen LogP contribution is 2.32. The first-order chi connectivity index (χ1) is 16.7. The maximum Gasteiger partial charge on any atom is 0.292 e. The molecule has 4 rings (SSSR count). The van der Waals surface area contributed by atoms with Gasteiger partial charge in [0.15, 0.2) is 10.2 Å². The van der Waals surface area contributed by atoms with Crippen LogP contribution >= 0.6 is 35.2 Å². The maximum atomic E-state index is 12.8. The number of nitro benzene ring substituents is 1. The lowest BCUT2D eigenvalue weighted by Crippen LogP contribution is -2.19. The monoisotopic (exact) mass is 545 g/mol. The van der Waals surface area contributed by atoms with Gasteiger partial charge in [-0.1, -0.05) is 41.9 Å². The van der Waals surface area contributed by atoms with Gasteiger partial charge in [0.05, 0.1) is 21.2 Å². The fraction of sp³-hybridized carbons (Fsp3) is 0. The van der Waals surface area contributed by atoms with Crippen LogP contribution in [0.15, 0.2) is 83.1 Å². The standard InChI is InChI=1S/C22H16ClN5O4S3/c23-14-9-11-15(12-10-14)35(31,32)27-17-6-2-1-5-16(17)19-13-34-22(25-19)26-21(33)24-18-7-3-4-8-20(18)28(29)30/h1-13,27H,(H2,24,25,26,33). The van der Waals surface area contributed by atoms with Crippen molar-refractivity contribution in [1.29, 1.82) is 0 Å². The van der Waals surface area contributed by atoms with Crippen LogP contribution in [0.4, 0.5) is 22.2 Å². The summed E-state index contributed by atoms with van der Waals surface area (Å²) < 4.78 is 28.3. The SMILES string of the molecule is O=[N+]([O-])c1ccccc1NC(=S)Nc1nc(-c2ccccc2NS(=O)(=O)c2ccc(Cl)cc2)cs1. The number of sulfonamides is 1. The van der Waals surface area contributed by atoms with Crippen LogP contribution in [0.1, 0.15) is 0 Å². The summed E-state index contributed by atoms with van der Waals surface area (Å²) in [5.74, 6) is 0. The van der Waals surface area contributed by atoms with Gasteiger partial charge in [0.2, 0.25) is 0 Å². The van der Waals surface area contributed by atoms with Crippen molar-refractivity contribution in [3.05, 3.63) is 93.3 Å². The number of nitrogens with zero attached hydrogens (tertiary/aromatic N) is 2. The summed E-state index contributed by atoms with van der Waals surface area (Å²) in [7, 11) is -3.85. The van der Waals surface area contributed by atoms with Crippen molar-refractivity contribution in [3.8, 4) is 11.3 Å². The molecule has 1 aromatic heterocycles. The van der Waals surface area contributed by atoms with Gasteiger partial charge < -0.3 is 10.6 Å². The molecule has 0 aliphatic heterocycles. The molecule has 0 fully saturated rings. The van der Waals surface area contributed by atoms with E-state index in [1.807, 2.05) is 0 Å². The quantitative estimate of drug-likeness (QED) is 0.147. The van der Waals surface area contributed by atoms with Crippen LogP contribution in [-0.2, 0) is 10.0 Å². The number of thiocarbonyl (C=S) groups is 1. The Hall–Kier alpha value is -3.58. The van der Waals surface area contributed by atoms with E-state index in [0.717, 1.165) is 0 Å². The summed E-state index contributed by atoms with van der Waals surface area (Å²) in [6, 6.07) is 18.8. The largest absolute Gasteiger partial charge is 0.327 e. The molecule has 0 atom stereocenters. The lowest BCUT2D eigenvalue weighted by atomic mass is 10.1. The van der Waals surface area contributed by atoms with Crippen molar-refractivity contribution in [2.45, 2.75) is 4.90 Å². The molecular formula is C22H16ClN5O4S3. The molecule has 35 heavy (non-hydrogen) atoms. The molecule has 0 bridgehead atoms. The Labute approximate surface area is 215 Å². The second-order valence-corrected chi connectivity index (χ2v) is 10.4. The van der Waals surface area contributed by atoms with Gasteiger partial charge in [0.1, 0.15) is 5.69 Å². The van der Waals surface area contributed by atoms with Crippen molar-refractivity contribution in [3.63, 3.8) is 0 Å². The lowest BCUT2D eigenvalue weighted by molar-refractivity contribution is -0.383. The Kier molecular flexibility index (Phi) is 7.26. The highest BCUT2D eigenvalue weighted by Gasteiger charge is 2.18. The first kappa shape index (κ1) is 24.5. The molecule has 3 N–H and O–H groups in total. The zero-order valence-electron chi connectivity index (χ0n) is 17.6. The summed E-state index contributed by atoms with van der Waals surface area (Å²) in [5, 5.41) is 19.6. The van der Waals surface area contributed by atoms with Crippen molar-refractivity contribution in [2.75, 3.05) is 15.4 Å². The minimum Gasteiger partial charge on any atom is -0.327 e. The van der Waals surface area contributed by atoms with Crippen molar-refractivity contribution < 1.29 is 13.3 Å². The summed E-state index contributed by atoms with van der Waals surface area (Å²) in [5.41, 5.74) is 1.55. The third kappa shape index (κ3) is 5.92. The number of aromatic nitrogens is 1.